The molecular formula is C11H14BrN5. The van der Waals surface area contributed by atoms with Crippen LogP contribution in [0.1, 0.15) is 5.56 Å². The molecule has 90 valence electrons. The van der Waals surface area contributed by atoms with E-state index in [0.29, 0.717) is 5.69 Å². The maximum atomic E-state index is 5.83. The molecule has 2 rings (SSSR count). The van der Waals surface area contributed by atoms with Crippen molar-refractivity contribution in [3.05, 3.63) is 34.8 Å². The molecule has 0 radical (unpaired) electrons. The van der Waals surface area contributed by atoms with Gasteiger partial charge in [0.05, 0.1) is 34.8 Å². The van der Waals surface area contributed by atoms with Crippen molar-refractivity contribution in [1.29, 1.82) is 0 Å². The third-order valence-corrected chi connectivity index (χ3v) is 2.94. The number of pyridine rings is 1. The average Bonchev–Trinajstić information content (AvgIpc) is 2.69. The van der Waals surface area contributed by atoms with Crippen molar-refractivity contribution in [2.45, 2.75) is 13.5 Å². The Balaban J connectivity index is 1.94. The Kier molecular flexibility index (Phi) is 3.63. The molecule has 0 saturated heterocycles. The van der Waals surface area contributed by atoms with E-state index < -0.39 is 0 Å². The minimum Gasteiger partial charge on any atom is -0.396 e. The van der Waals surface area contributed by atoms with Gasteiger partial charge in [0, 0.05) is 18.9 Å². The third-order valence-electron chi connectivity index (χ3n) is 2.33. The molecule has 0 aromatic carbocycles. The lowest BCUT2D eigenvalue weighted by atomic mass is 10.3. The summed E-state index contributed by atoms with van der Waals surface area (Å²) in [6.07, 6.45) is 7.20. The van der Waals surface area contributed by atoms with Gasteiger partial charge in [-0.1, -0.05) is 0 Å². The van der Waals surface area contributed by atoms with Crippen molar-refractivity contribution in [3.8, 4) is 0 Å². The summed E-state index contributed by atoms with van der Waals surface area (Å²) in [6.45, 7) is 3.57. The van der Waals surface area contributed by atoms with Gasteiger partial charge in [-0.2, -0.15) is 5.10 Å². The molecule has 17 heavy (non-hydrogen) atoms. The monoisotopic (exact) mass is 295 g/mol. The van der Waals surface area contributed by atoms with E-state index in [1.165, 1.54) is 0 Å². The molecule has 5 nitrogen and oxygen atoms in total. The predicted octanol–water partition coefficient (Wildman–Crippen LogP) is 2.04. The fourth-order valence-electron chi connectivity index (χ4n) is 1.52. The molecule has 0 aliphatic heterocycles. The van der Waals surface area contributed by atoms with Gasteiger partial charge in [0.25, 0.3) is 0 Å². The molecule has 6 heteroatoms. The van der Waals surface area contributed by atoms with Gasteiger partial charge in [-0.3, -0.25) is 9.67 Å². The first kappa shape index (κ1) is 11.9. The molecule has 2 heterocycles. The largest absolute Gasteiger partial charge is 0.396 e. The van der Waals surface area contributed by atoms with Crippen LogP contribution in [0.4, 0.5) is 11.4 Å². The summed E-state index contributed by atoms with van der Waals surface area (Å²) < 4.78 is 2.77. The second-order valence-corrected chi connectivity index (χ2v) is 4.65. The highest BCUT2D eigenvalue weighted by atomic mass is 79.9. The highest BCUT2D eigenvalue weighted by Crippen LogP contribution is 2.26. The molecule has 0 saturated carbocycles. The Morgan fingerprint density at radius 3 is 2.88 bits per heavy atom. The van der Waals surface area contributed by atoms with E-state index in [4.69, 9.17) is 5.73 Å². The maximum absolute atomic E-state index is 5.83. The maximum Gasteiger partial charge on any atom is 0.0750 e. The van der Waals surface area contributed by atoms with Gasteiger partial charge < -0.3 is 11.1 Å². The van der Waals surface area contributed by atoms with Crippen LogP contribution >= 0.6 is 15.9 Å². The SMILES string of the molecule is Cc1cnn(CCNc2c(N)cncc2Br)c1. The highest BCUT2D eigenvalue weighted by Gasteiger charge is 2.03. The van der Waals surface area contributed by atoms with Crippen LogP contribution in [0.25, 0.3) is 0 Å². The first-order chi connectivity index (χ1) is 8.16. The zero-order chi connectivity index (χ0) is 12.3. The lowest BCUT2D eigenvalue weighted by molar-refractivity contribution is 0.637. The highest BCUT2D eigenvalue weighted by molar-refractivity contribution is 9.10. The molecule has 0 atom stereocenters. The number of hydrogen-bond donors (Lipinski definition) is 2. The molecule has 0 bridgehead atoms. The molecule has 3 N–H and O–H groups in total. The van der Waals surface area contributed by atoms with Gasteiger partial charge in [0.15, 0.2) is 0 Å². The molecule has 0 aliphatic carbocycles. The summed E-state index contributed by atoms with van der Waals surface area (Å²) in [5.41, 5.74) is 8.50. The predicted molar refractivity (Wildman–Crippen MR) is 71.8 cm³/mol. The quantitative estimate of drug-likeness (QED) is 0.906. The van der Waals surface area contributed by atoms with E-state index in [0.717, 1.165) is 28.8 Å². The molecule has 0 unspecified atom stereocenters. The van der Waals surface area contributed by atoms with Crippen LogP contribution < -0.4 is 11.1 Å². The van der Waals surface area contributed by atoms with Gasteiger partial charge in [0.2, 0.25) is 0 Å². The number of hydrogen-bond acceptors (Lipinski definition) is 4. The first-order valence-electron chi connectivity index (χ1n) is 5.28. The Bertz CT molecular complexity index is 488. The van der Waals surface area contributed by atoms with E-state index in [2.05, 4.69) is 31.3 Å². The fourth-order valence-corrected chi connectivity index (χ4v) is 2.01. The third kappa shape index (κ3) is 2.97. The number of anilines is 2. The number of nitrogens with one attached hydrogen (secondary N) is 1. The van der Waals surface area contributed by atoms with Crippen molar-refractivity contribution in [2.75, 3.05) is 17.6 Å². The summed E-state index contributed by atoms with van der Waals surface area (Å²) >= 11 is 3.41. The van der Waals surface area contributed by atoms with Crippen LogP contribution in [0, 0.1) is 6.92 Å². The lowest BCUT2D eigenvalue weighted by Gasteiger charge is -2.10. The van der Waals surface area contributed by atoms with Crippen LogP contribution in [-0.2, 0) is 6.54 Å². The van der Waals surface area contributed by atoms with Gasteiger partial charge in [0.1, 0.15) is 0 Å². The zero-order valence-electron chi connectivity index (χ0n) is 9.52. The van der Waals surface area contributed by atoms with Gasteiger partial charge >= 0.3 is 0 Å². The Morgan fingerprint density at radius 1 is 1.41 bits per heavy atom. The second-order valence-electron chi connectivity index (χ2n) is 3.79. The van der Waals surface area contributed by atoms with E-state index in [1.807, 2.05) is 24.0 Å². The van der Waals surface area contributed by atoms with Crippen LogP contribution in [0.3, 0.4) is 0 Å². The van der Waals surface area contributed by atoms with Crippen molar-refractivity contribution in [2.24, 2.45) is 0 Å². The summed E-state index contributed by atoms with van der Waals surface area (Å²) in [6, 6.07) is 0. The molecule has 0 fully saturated rings. The van der Waals surface area contributed by atoms with E-state index in [-0.39, 0.29) is 0 Å². The summed E-state index contributed by atoms with van der Waals surface area (Å²) in [5.74, 6) is 0. The molecule has 2 aromatic rings. The average molecular weight is 296 g/mol. The number of nitrogen functional groups attached to an aromatic ring is 1. The molecule has 0 spiro atoms. The Morgan fingerprint density at radius 2 is 2.24 bits per heavy atom. The minimum absolute atomic E-state index is 0.635. The van der Waals surface area contributed by atoms with Crippen molar-refractivity contribution in [1.82, 2.24) is 14.8 Å². The Hall–Kier alpha value is -1.56. The van der Waals surface area contributed by atoms with Crippen LogP contribution in [0.15, 0.2) is 29.3 Å². The minimum atomic E-state index is 0.635. The second kappa shape index (κ2) is 5.18. The van der Waals surface area contributed by atoms with Gasteiger partial charge in [-0.05, 0) is 28.4 Å². The van der Waals surface area contributed by atoms with E-state index >= 15 is 0 Å². The lowest BCUT2D eigenvalue weighted by Crippen LogP contribution is -2.12. The topological polar surface area (TPSA) is 68.8 Å². The first-order valence-corrected chi connectivity index (χ1v) is 6.08. The molecule has 2 aromatic heterocycles. The van der Waals surface area contributed by atoms with Gasteiger partial charge in [-0.15, -0.1) is 0 Å². The number of halogens is 1. The number of aromatic nitrogens is 3. The van der Waals surface area contributed by atoms with Crippen molar-refractivity contribution in [3.63, 3.8) is 0 Å². The van der Waals surface area contributed by atoms with Crippen LogP contribution in [0.2, 0.25) is 0 Å². The van der Waals surface area contributed by atoms with Crippen molar-refractivity contribution >= 4 is 27.3 Å². The smallest absolute Gasteiger partial charge is 0.0750 e. The molecular weight excluding hydrogens is 282 g/mol. The fraction of sp³-hybridized carbons (Fsp3) is 0.273. The van der Waals surface area contributed by atoms with Crippen molar-refractivity contribution < 1.29 is 0 Å². The standard InChI is InChI=1S/C11H14BrN5/c1-8-4-16-17(7-8)3-2-15-11-9(12)5-14-6-10(11)13/h4-7H,2-3,13H2,1H3,(H,14,15). The van der Waals surface area contributed by atoms with Crippen LogP contribution in [0.5, 0.6) is 0 Å². The number of nitrogens with zero attached hydrogens (tertiary/aromatic N) is 3. The number of rotatable bonds is 4. The Labute approximate surface area is 108 Å². The number of aryl methyl sites for hydroxylation is 1. The summed E-state index contributed by atoms with van der Waals surface area (Å²) in [7, 11) is 0. The number of nitrogens with two attached hydrogens (primary N) is 1. The van der Waals surface area contributed by atoms with E-state index in [1.54, 1.807) is 12.4 Å². The zero-order valence-corrected chi connectivity index (χ0v) is 11.1. The van der Waals surface area contributed by atoms with Crippen LogP contribution in [-0.4, -0.2) is 21.3 Å². The summed E-state index contributed by atoms with van der Waals surface area (Å²) in [5, 5.41) is 7.48. The molecule has 0 amide bonds. The van der Waals surface area contributed by atoms with Gasteiger partial charge in [-0.25, -0.2) is 0 Å². The normalized spacial score (nSPS) is 10.5. The summed E-state index contributed by atoms with van der Waals surface area (Å²) in [4.78, 5) is 3.98. The molecule has 0 aliphatic rings. The van der Waals surface area contributed by atoms with E-state index in [9.17, 15) is 0 Å².